The van der Waals surface area contributed by atoms with Gasteiger partial charge in [0.15, 0.2) is 11.6 Å². The van der Waals surface area contributed by atoms with Crippen LogP contribution in [0.5, 0.6) is 11.8 Å². The Morgan fingerprint density at radius 2 is 1.95 bits per heavy atom. The monoisotopic (exact) mass is 279 g/mol. The smallest absolute Gasteiger partial charge is 0.321 e. The van der Waals surface area contributed by atoms with E-state index >= 15 is 0 Å². The summed E-state index contributed by atoms with van der Waals surface area (Å²) in [6, 6.07) is 3.68. The molecule has 0 bridgehead atoms. The van der Waals surface area contributed by atoms with Crippen molar-refractivity contribution in [3.63, 3.8) is 0 Å². The highest BCUT2D eigenvalue weighted by molar-refractivity contribution is 5.27. The third kappa shape index (κ3) is 3.48. The molecule has 0 radical (unpaired) electrons. The van der Waals surface area contributed by atoms with Gasteiger partial charge in [-0.1, -0.05) is 13.0 Å². The van der Waals surface area contributed by atoms with Crippen molar-refractivity contribution in [1.82, 2.24) is 9.97 Å². The maximum Gasteiger partial charge on any atom is 0.321 e. The molecule has 1 atom stereocenters. The van der Waals surface area contributed by atoms with E-state index in [-0.39, 0.29) is 17.8 Å². The zero-order chi connectivity index (χ0) is 14.5. The highest BCUT2D eigenvalue weighted by Gasteiger charge is 2.11. The van der Waals surface area contributed by atoms with Crippen LogP contribution in [0.4, 0.5) is 8.78 Å². The van der Waals surface area contributed by atoms with Gasteiger partial charge in [-0.2, -0.15) is 4.39 Å². The van der Waals surface area contributed by atoms with Gasteiger partial charge in [-0.05, 0) is 30.5 Å². The van der Waals surface area contributed by atoms with Crippen molar-refractivity contribution in [1.29, 1.82) is 0 Å². The molecule has 1 unspecified atom stereocenters. The summed E-state index contributed by atoms with van der Waals surface area (Å²) in [5.41, 5.74) is 6.69. The predicted octanol–water partition coefficient (Wildman–Crippen LogP) is 2.83. The molecule has 2 N–H and O–H groups in total. The number of nitrogens with zero attached hydrogens (tertiary/aromatic N) is 2. The highest BCUT2D eigenvalue weighted by atomic mass is 19.2. The van der Waals surface area contributed by atoms with Crippen LogP contribution in [0.15, 0.2) is 30.6 Å². The summed E-state index contributed by atoms with van der Waals surface area (Å²) in [6.45, 7) is 2.00. The van der Waals surface area contributed by atoms with Crippen LogP contribution in [-0.4, -0.2) is 16.0 Å². The molecule has 20 heavy (non-hydrogen) atoms. The minimum absolute atomic E-state index is 0.0386. The number of aromatic nitrogens is 2. The van der Waals surface area contributed by atoms with Gasteiger partial charge in [0, 0.05) is 18.4 Å². The first-order chi connectivity index (χ1) is 9.60. The lowest BCUT2D eigenvalue weighted by Gasteiger charge is -2.08. The lowest BCUT2D eigenvalue weighted by Crippen LogP contribution is -2.21. The largest absolute Gasteiger partial charge is 0.421 e. The maximum absolute atomic E-state index is 13.4. The van der Waals surface area contributed by atoms with E-state index in [2.05, 4.69) is 9.97 Å². The van der Waals surface area contributed by atoms with Crippen molar-refractivity contribution in [2.45, 2.75) is 25.8 Å². The normalized spacial score (nSPS) is 12.2. The van der Waals surface area contributed by atoms with Crippen molar-refractivity contribution in [2.24, 2.45) is 5.73 Å². The topological polar surface area (TPSA) is 61.0 Å². The Morgan fingerprint density at radius 3 is 2.60 bits per heavy atom. The number of hydrogen-bond donors (Lipinski definition) is 1. The molecular formula is C14H15F2N3O. The Labute approximate surface area is 115 Å². The van der Waals surface area contributed by atoms with E-state index < -0.39 is 11.6 Å². The van der Waals surface area contributed by atoms with Crippen molar-refractivity contribution < 1.29 is 13.5 Å². The molecule has 0 fully saturated rings. The van der Waals surface area contributed by atoms with Gasteiger partial charge in [-0.25, -0.2) is 14.4 Å². The second kappa shape index (κ2) is 6.38. The van der Waals surface area contributed by atoms with Crippen LogP contribution >= 0.6 is 0 Å². The lowest BCUT2D eigenvalue weighted by atomic mass is 10.1. The number of ether oxygens (including phenoxy) is 1. The van der Waals surface area contributed by atoms with Crippen LogP contribution in [0.25, 0.3) is 0 Å². The first-order valence-corrected chi connectivity index (χ1v) is 6.28. The Balaban J connectivity index is 2.09. The first kappa shape index (κ1) is 14.3. The second-order valence-corrected chi connectivity index (χ2v) is 4.40. The average Bonchev–Trinajstić information content (AvgIpc) is 2.46. The molecule has 0 spiro atoms. The van der Waals surface area contributed by atoms with Gasteiger partial charge in [0.2, 0.25) is 5.82 Å². The van der Waals surface area contributed by atoms with E-state index in [1.807, 2.05) is 6.92 Å². The van der Waals surface area contributed by atoms with E-state index in [4.69, 9.17) is 10.5 Å². The van der Waals surface area contributed by atoms with Crippen molar-refractivity contribution in [3.05, 3.63) is 47.8 Å². The lowest BCUT2D eigenvalue weighted by molar-refractivity contribution is 0.392. The number of hydrogen-bond acceptors (Lipinski definition) is 4. The third-order valence-corrected chi connectivity index (χ3v) is 2.82. The molecule has 106 valence electrons. The molecule has 1 aromatic carbocycles. The average molecular weight is 279 g/mol. The number of benzene rings is 1. The van der Waals surface area contributed by atoms with E-state index in [1.54, 1.807) is 12.4 Å². The molecule has 0 aliphatic heterocycles. The summed E-state index contributed by atoms with van der Waals surface area (Å²) < 4.78 is 31.5. The Hall–Kier alpha value is -2.08. The molecule has 1 heterocycles. The molecule has 2 rings (SSSR count). The quantitative estimate of drug-likeness (QED) is 0.914. The van der Waals surface area contributed by atoms with E-state index in [0.29, 0.717) is 6.42 Å². The molecule has 2 aromatic rings. The van der Waals surface area contributed by atoms with Gasteiger partial charge in [0.1, 0.15) is 0 Å². The van der Waals surface area contributed by atoms with Crippen LogP contribution in [0.3, 0.4) is 0 Å². The van der Waals surface area contributed by atoms with Crippen LogP contribution < -0.4 is 10.5 Å². The zero-order valence-electron chi connectivity index (χ0n) is 11.0. The van der Waals surface area contributed by atoms with Crippen LogP contribution in [0.2, 0.25) is 0 Å². The number of rotatable bonds is 5. The van der Waals surface area contributed by atoms with Crippen molar-refractivity contribution in [2.75, 3.05) is 0 Å². The molecule has 0 aliphatic rings. The molecular weight excluding hydrogens is 264 g/mol. The molecule has 6 heteroatoms. The van der Waals surface area contributed by atoms with Crippen LogP contribution in [-0.2, 0) is 6.42 Å². The molecule has 1 aromatic heterocycles. The summed E-state index contributed by atoms with van der Waals surface area (Å²) in [7, 11) is 0. The van der Waals surface area contributed by atoms with Gasteiger partial charge >= 0.3 is 6.01 Å². The summed E-state index contributed by atoms with van der Waals surface area (Å²) in [6.07, 6.45) is 4.64. The predicted molar refractivity (Wildman–Crippen MR) is 70.4 cm³/mol. The van der Waals surface area contributed by atoms with Gasteiger partial charge in [-0.3, -0.25) is 0 Å². The number of halogens is 2. The fourth-order valence-electron chi connectivity index (χ4n) is 1.61. The highest BCUT2D eigenvalue weighted by Crippen LogP contribution is 2.23. The summed E-state index contributed by atoms with van der Waals surface area (Å²) in [5.74, 6) is -2.29. The molecule has 4 nitrogen and oxygen atoms in total. The van der Waals surface area contributed by atoms with Crippen LogP contribution in [0.1, 0.15) is 18.9 Å². The van der Waals surface area contributed by atoms with Gasteiger partial charge in [-0.15, -0.1) is 0 Å². The minimum Gasteiger partial charge on any atom is -0.421 e. The third-order valence-electron chi connectivity index (χ3n) is 2.82. The van der Waals surface area contributed by atoms with E-state index in [1.165, 1.54) is 12.1 Å². The fraction of sp³-hybridized carbons (Fsp3) is 0.286. The Bertz CT molecular complexity index is 575. The van der Waals surface area contributed by atoms with Crippen molar-refractivity contribution >= 4 is 0 Å². The molecule has 0 amide bonds. The maximum atomic E-state index is 13.4. The van der Waals surface area contributed by atoms with Gasteiger partial charge < -0.3 is 10.5 Å². The number of nitrogens with two attached hydrogens (primary N) is 1. The van der Waals surface area contributed by atoms with Gasteiger partial charge in [0.25, 0.3) is 0 Å². The zero-order valence-corrected chi connectivity index (χ0v) is 11.0. The van der Waals surface area contributed by atoms with Crippen molar-refractivity contribution in [3.8, 4) is 11.8 Å². The summed E-state index contributed by atoms with van der Waals surface area (Å²) in [4.78, 5) is 7.91. The second-order valence-electron chi connectivity index (χ2n) is 4.40. The first-order valence-electron chi connectivity index (χ1n) is 6.28. The minimum atomic E-state index is -1.06. The fourth-order valence-corrected chi connectivity index (χ4v) is 1.61. The summed E-state index contributed by atoms with van der Waals surface area (Å²) in [5, 5.41) is 0. The molecule has 0 saturated carbocycles. The van der Waals surface area contributed by atoms with E-state index in [9.17, 15) is 8.78 Å². The SMILES string of the molecule is CCC(N)Cc1cnc(Oc2cccc(F)c2F)nc1. The summed E-state index contributed by atoms with van der Waals surface area (Å²) >= 11 is 0. The van der Waals surface area contributed by atoms with Gasteiger partial charge in [0.05, 0.1) is 0 Å². The van der Waals surface area contributed by atoms with E-state index in [0.717, 1.165) is 18.1 Å². The molecule has 0 saturated heterocycles. The van der Waals surface area contributed by atoms with Crippen LogP contribution in [0, 0.1) is 11.6 Å². The standard InChI is InChI=1S/C14H15F2N3O/c1-2-10(17)6-9-7-18-14(19-8-9)20-12-5-3-4-11(15)13(12)16/h3-5,7-8,10H,2,6,17H2,1H3. The Morgan fingerprint density at radius 1 is 1.25 bits per heavy atom. The Kier molecular flexibility index (Phi) is 4.57. The molecule has 0 aliphatic carbocycles.